The molecule has 0 aromatic heterocycles. The van der Waals surface area contributed by atoms with Gasteiger partial charge in [0.2, 0.25) is 5.91 Å². The average Bonchev–Trinajstić information content (AvgIpc) is 3.26. The van der Waals surface area contributed by atoms with Crippen LogP contribution in [0.15, 0.2) is 53.6 Å². The molecule has 7 nitrogen and oxygen atoms in total. The Kier molecular flexibility index (Phi) is 7.63. The Morgan fingerprint density at radius 1 is 1.12 bits per heavy atom. The first kappa shape index (κ1) is 24.0. The lowest BCUT2D eigenvalue weighted by atomic mass is 9.84. The number of carbonyl (C=O) groups excluding carboxylic acids is 2. The molecule has 0 spiro atoms. The van der Waals surface area contributed by atoms with E-state index >= 15 is 0 Å². The number of hydrogen-bond acceptors (Lipinski definition) is 5. The molecule has 0 N–H and O–H groups in total. The van der Waals surface area contributed by atoms with Gasteiger partial charge in [0.05, 0.1) is 25.5 Å². The topological polar surface area (TPSA) is 71.4 Å². The molecule has 1 aliphatic carbocycles. The molecule has 2 amide bonds. The third-order valence-corrected chi connectivity index (χ3v) is 6.69. The van der Waals surface area contributed by atoms with Crippen molar-refractivity contribution in [2.75, 3.05) is 33.9 Å². The monoisotopic (exact) mass is 463 g/mol. The van der Waals surface area contributed by atoms with Gasteiger partial charge in [-0.1, -0.05) is 48.4 Å². The number of aryl methyl sites for hydroxylation is 1. The fourth-order valence-corrected chi connectivity index (χ4v) is 4.38. The van der Waals surface area contributed by atoms with Gasteiger partial charge in [0, 0.05) is 31.6 Å². The maximum absolute atomic E-state index is 13.6. The smallest absolute Gasteiger partial charge is 0.262 e. The van der Waals surface area contributed by atoms with E-state index in [1.807, 2.05) is 55.5 Å². The van der Waals surface area contributed by atoms with E-state index < -0.39 is 0 Å². The van der Waals surface area contributed by atoms with Crippen LogP contribution in [0.2, 0.25) is 0 Å². The largest absolute Gasteiger partial charge is 0.497 e. The lowest BCUT2D eigenvalue weighted by molar-refractivity contribution is -0.146. The number of hydrogen-bond donors (Lipinski definition) is 0. The van der Waals surface area contributed by atoms with Crippen LogP contribution in [0, 0.1) is 12.8 Å². The lowest BCUT2D eigenvalue weighted by Gasteiger charge is -2.32. The van der Waals surface area contributed by atoms with Crippen molar-refractivity contribution >= 4 is 17.5 Å². The zero-order chi connectivity index (χ0) is 24.1. The summed E-state index contributed by atoms with van der Waals surface area (Å²) in [5.41, 5.74) is 3.93. The van der Waals surface area contributed by atoms with E-state index in [0.717, 1.165) is 47.4 Å². The molecule has 0 saturated heterocycles. The molecule has 1 aliphatic heterocycles. The molecule has 2 aliphatic rings. The predicted molar refractivity (Wildman–Crippen MR) is 131 cm³/mol. The van der Waals surface area contributed by atoms with E-state index in [2.05, 4.69) is 0 Å². The van der Waals surface area contributed by atoms with Crippen molar-refractivity contribution in [2.24, 2.45) is 11.0 Å². The molecule has 0 bridgehead atoms. The van der Waals surface area contributed by atoms with Crippen LogP contribution in [0.1, 0.15) is 48.4 Å². The van der Waals surface area contributed by atoms with Crippen molar-refractivity contribution in [1.82, 2.24) is 9.91 Å². The van der Waals surface area contributed by atoms with Crippen molar-refractivity contribution in [3.63, 3.8) is 0 Å². The fourth-order valence-electron chi connectivity index (χ4n) is 4.38. The van der Waals surface area contributed by atoms with E-state index in [-0.39, 0.29) is 30.3 Å². The molecule has 7 heteroatoms. The standard InChI is InChI=1S/C27H33N3O4/c1-19-10-12-20(13-11-19)25-17-24(22-8-5-9-23(16-22)34-3)28-30(25)26(31)18-29(14-15-33-2)27(32)21-6-4-7-21/h5,8-13,16,21,25H,4,6-7,14-15,17-18H2,1-3H3/t25-/m1/s1. The Hall–Kier alpha value is -3.19. The molecular weight excluding hydrogens is 430 g/mol. The first-order chi connectivity index (χ1) is 16.5. The predicted octanol–water partition coefficient (Wildman–Crippen LogP) is 3.96. The number of amides is 2. The van der Waals surface area contributed by atoms with Gasteiger partial charge >= 0.3 is 0 Å². The van der Waals surface area contributed by atoms with Crippen LogP contribution in [0.5, 0.6) is 5.75 Å². The van der Waals surface area contributed by atoms with Gasteiger partial charge in [-0.05, 0) is 37.5 Å². The Morgan fingerprint density at radius 2 is 1.88 bits per heavy atom. The molecule has 0 unspecified atom stereocenters. The van der Waals surface area contributed by atoms with Crippen molar-refractivity contribution in [3.05, 3.63) is 65.2 Å². The van der Waals surface area contributed by atoms with Crippen LogP contribution in [0.25, 0.3) is 0 Å². The summed E-state index contributed by atoms with van der Waals surface area (Å²) in [6.07, 6.45) is 3.45. The molecule has 2 aromatic carbocycles. The third kappa shape index (κ3) is 5.30. The number of carbonyl (C=O) groups is 2. The molecule has 1 fully saturated rings. The van der Waals surface area contributed by atoms with E-state index in [9.17, 15) is 9.59 Å². The summed E-state index contributed by atoms with van der Waals surface area (Å²) < 4.78 is 10.6. The molecule has 0 radical (unpaired) electrons. The Balaban J connectivity index is 1.60. The van der Waals surface area contributed by atoms with E-state index in [4.69, 9.17) is 14.6 Å². The van der Waals surface area contributed by atoms with E-state index in [1.165, 1.54) is 0 Å². The first-order valence-electron chi connectivity index (χ1n) is 11.9. The van der Waals surface area contributed by atoms with Crippen molar-refractivity contribution in [2.45, 2.75) is 38.6 Å². The number of hydrazone groups is 1. The fraction of sp³-hybridized carbons (Fsp3) is 0.444. The highest BCUT2D eigenvalue weighted by Crippen LogP contribution is 2.34. The maximum Gasteiger partial charge on any atom is 0.262 e. The van der Waals surface area contributed by atoms with Gasteiger partial charge in [-0.15, -0.1) is 0 Å². The van der Waals surface area contributed by atoms with Crippen LogP contribution in [0.3, 0.4) is 0 Å². The molecular formula is C27H33N3O4. The molecule has 4 rings (SSSR count). The molecule has 2 aromatic rings. The summed E-state index contributed by atoms with van der Waals surface area (Å²) in [5, 5.41) is 6.32. The van der Waals surface area contributed by atoms with Crippen LogP contribution in [-0.2, 0) is 14.3 Å². The van der Waals surface area contributed by atoms with Crippen molar-refractivity contribution in [3.8, 4) is 5.75 Å². The number of nitrogens with zero attached hydrogens (tertiary/aromatic N) is 3. The summed E-state index contributed by atoms with van der Waals surface area (Å²) in [5.74, 6) is 0.618. The highest BCUT2D eigenvalue weighted by atomic mass is 16.5. The first-order valence-corrected chi connectivity index (χ1v) is 11.9. The Labute approximate surface area is 201 Å². The highest BCUT2D eigenvalue weighted by Gasteiger charge is 2.36. The molecule has 1 heterocycles. The normalized spacial score (nSPS) is 17.8. The van der Waals surface area contributed by atoms with Crippen molar-refractivity contribution < 1.29 is 19.1 Å². The summed E-state index contributed by atoms with van der Waals surface area (Å²) in [4.78, 5) is 28.2. The summed E-state index contributed by atoms with van der Waals surface area (Å²) in [6.45, 7) is 2.83. The van der Waals surface area contributed by atoms with E-state index in [1.54, 1.807) is 24.1 Å². The Bertz CT molecular complexity index is 1050. The number of ether oxygens (including phenoxy) is 2. The second-order valence-corrected chi connectivity index (χ2v) is 9.03. The summed E-state index contributed by atoms with van der Waals surface area (Å²) >= 11 is 0. The minimum atomic E-state index is -0.225. The van der Waals surface area contributed by atoms with Gasteiger partial charge in [0.25, 0.3) is 5.91 Å². The number of methoxy groups -OCH3 is 2. The minimum absolute atomic E-state index is 0.00402. The second kappa shape index (κ2) is 10.8. The minimum Gasteiger partial charge on any atom is -0.497 e. The molecule has 34 heavy (non-hydrogen) atoms. The van der Waals surface area contributed by atoms with Gasteiger partial charge < -0.3 is 14.4 Å². The van der Waals surface area contributed by atoms with Gasteiger partial charge in [-0.2, -0.15) is 5.10 Å². The third-order valence-electron chi connectivity index (χ3n) is 6.69. The lowest BCUT2D eigenvalue weighted by Crippen LogP contribution is -2.46. The van der Waals surface area contributed by atoms with Crippen LogP contribution < -0.4 is 4.74 Å². The summed E-state index contributed by atoms with van der Waals surface area (Å²) in [6, 6.07) is 15.7. The SMILES string of the molecule is COCCN(CC(=O)N1N=C(c2cccc(OC)c2)C[C@@H]1c1ccc(C)cc1)C(=O)C1CCC1. The zero-order valence-corrected chi connectivity index (χ0v) is 20.2. The van der Waals surface area contributed by atoms with Gasteiger partial charge in [0.15, 0.2) is 0 Å². The zero-order valence-electron chi connectivity index (χ0n) is 20.2. The Morgan fingerprint density at radius 3 is 2.53 bits per heavy atom. The molecule has 1 atom stereocenters. The quantitative estimate of drug-likeness (QED) is 0.564. The van der Waals surface area contributed by atoms with Crippen LogP contribution in [-0.4, -0.2) is 61.4 Å². The number of rotatable bonds is 9. The molecule has 1 saturated carbocycles. The maximum atomic E-state index is 13.6. The van der Waals surface area contributed by atoms with Crippen molar-refractivity contribution in [1.29, 1.82) is 0 Å². The van der Waals surface area contributed by atoms with Crippen LogP contribution in [0.4, 0.5) is 0 Å². The highest BCUT2D eigenvalue weighted by molar-refractivity contribution is 6.03. The van der Waals surface area contributed by atoms with E-state index in [0.29, 0.717) is 19.6 Å². The molecule has 180 valence electrons. The summed E-state index contributed by atoms with van der Waals surface area (Å²) in [7, 11) is 3.24. The average molecular weight is 464 g/mol. The number of benzene rings is 2. The second-order valence-electron chi connectivity index (χ2n) is 9.03. The van der Waals surface area contributed by atoms with Gasteiger partial charge in [-0.3, -0.25) is 9.59 Å². The van der Waals surface area contributed by atoms with Gasteiger partial charge in [0.1, 0.15) is 12.3 Å². The van der Waals surface area contributed by atoms with Crippen LogP contribution >= 0.6 is 0 Å². The van der Waals surface area contributed by atoms with Gasteiger partial charge in [-0.25, -0.2) is 5.01 Å².